The zero-order valence-electron chi connectivity index (χ0n) is 11.6. The molecule has 0 spiro atoms. The van der Waals surface area contributed by atoms with E-state index in [9.17, 15) is 9.59 Å². The molecule has 0 fully saturated rings. The first-order valence-electron chi connectivity index (χ1n) is 6.40. The summed E-state index contributed by atoms with van der Waals surface area (Å²) in [7, 11) is 0. The van der Waals surface area contributed by atoms with Crippen LogP contribution in [0, 0.1) is 11.3 Å². The molecule has 0 heterocycles. The minimum Gasteiger partial charge on any atom is -0.478 e. The molecule has 1 amide bonds. The monoisotopic (exact) mass is 309 g/mol. The van der Waals surface area contributed by atoms with E-state index in [2.05, 4.69) is 5.32 Å². The molecule has 0 aliphatic rings. The van der Waals surface area contributed by atoms with Gasteiger partial charge in [0.15, 0.2) is 0 Å². The van der Waals surface area contributed by atoms with Gasteiger partial charge in [0.25, 0.3) is 0 Å². The molecule has 0 unspecified atom stereocenters. The molecular weight excluding hydrogens is 294 g/mol. The molecule has 1 aromatic rings. The number of anilines is 1. The molecule has 0 saturated heterocycles. The SMILES string of the molecule is CCN(CCC#N)CC(=O)Nc1cc(C(=O)O)ccc1Cl. The Morgan fingerprint density at radius 3 is 2.76 bits per heavy atom. The van der Waals surface area contributed by atoms with Crippen LogP contribution >= 0.6 is 11.6 Å². The number of amides is 1. The van der Waals surface area contributed by atoms with Crippen molar-refractivity contribution in [3.63, 3.8) is 0 Å². The summed E-state index contributed by atoms with van der Waals surface area (Å²) in [5.41, 5.74) is 0.310. The van der Waals surface area contributed by atoms with Gasteiger partial charge in [-0.25, -0.2) is 4.79 Å². The maximum absolute atomic E-state index is 11.9. The van der Waals surface area contributed by atoms with Crippen LogP contribution in [0.3, 0.4) is 0 Å². The molecule has 21 heavy (non-hydrogen) atoms. The fraction of sp³-hybridized carbons (Fsp3) is 0.357. The largest absolute Gasteiger partial charge is 0.478 e. The Hall–Kier alpha value is -2.10. The molecule has 0 atom stereocenters. The lowest BCUT2D eigenvalue weighted by atomic mass is 10.2. The standard InChI is InChI=1S/C14H16ClN3O3/c1-2-18(7-3-6-16)9-13(19)17-12-8-10(14(20)21)4-5-11(12)15/h4-5,8H,2-3,7,9H2,1H3,(H,17,19)(H,20,21). The quantitative estimate of drug-likeness (QED) is 0.805. The van der Waals surface area contributed by atoms with E-state index < -0.39 is 5.97 Å². The summed E-state index contributed by atoms with van der Waals surface area (Å²) < 4.78 is 0. The molecule has 6 nitrogen and oxygen atoms in total. The van der Waals surface area contributed by atoms with E-state index in [-0.39, 0.29) is 28.7 Å². The lowest BCUT2D eigenvalue weighted by Crippen LogP contribution is -2.33. The van der Waals surface area contributed by atoms with Crippen LogP contribution in [-0.2, 0) is 4.79 Å². The Balaban J connectivity index is 2.72. The highest BCUT2D eigenvalue weighted by Gasteiger charge is 2.12. The van der Waals surface area contributed by atoms with Crippen molar-refractivity contribution in [1.82, 2.24) is 4.90 Å². The van der Waals surface area contributed by atoms with Gasteiger partial charge in [-0.2, -0.15) is 5.26 Å². The highest BCUT2D eigenvalue weighted by Crippen LogP contribution is 2.23. The minimum absolute atomic E-state index is 0.0477. The number of aromatic carboxylic acids is 1. The van der Waals surface area contributed by atoms with Crippen molar-refractivity contribution in [3.8, 4) is 6.07 Å². The summed E-state index contributed by atoms with van der Waals surface area (Å²) in [4.78, 5) is 24.6. The predicted octanol–water partition coefficient (Wildman–Crippen LogP) is 2.21. The van der Waals surface area contributed by atoms with Gasteiger partial charge in [0, 0.05) is 13.0 Å². The average molecular weight is 310 g/mol. The third kappa shape index (κ3) is 5.42. The van der Waals surface area contributed by atoms with Crippen LogP contribution in [0.25, 0.3) is 0 Å². The first kappa shape index (κ1) is 17.0. The third-order valence-corrected chi connectivity index (χ3v) is 3.17. The fourth-order valence-corrected chi connectivity index (χ4v) is 1.87. The lowest BCUT2D eigenvalue weighted by molar-refractivity contribution is -0.117. The normalized spacial score (nSPS) is 10.2. The van der Waals surface area contributed by atoms with Crippen molar-refractivity contribution >= 4 is 29.2 Å². The Labute approximate surface area is 127 Å². The van der Waals surface area contributed by atoms with Gasteiger partial charge in [-0.3, -0.25) is 9.69 Å². The molecule has 7 heteroatoms. The summed E-state index contributed by atoms with van der Waals surface area (Å²) in [5, 5.41) is 20.3. The van der Waals surface area contributed by atoms with Crippen LogP contribution in [0.15, 0.2) is 18.2 Å². The van der Waals surface area contributed by atoms with Crippen molar-refractivity contribution in [1.29, 1.82) is 5.26 Å². The van der Waals surface area contributed by atoms with E-state index in [0.29, 0.717) is 19.5 Å². The molecule has 0 saturated carbocycles. The summed E-state index contributed by atoms with van der Waals surface area (Å²) in [6.07, 6.45) is 0.344. The zero-order chi connectivity index (χ0) is 15.8. The van der Waals surface area contributed by atoms with Gasteiger partial charge in [0.2, 0.25) is 5.91 Å². The second-order valence-corrected chi connectivity index (χ2v) is 4.73. The van der Waals surface area contributed by atoms with Gasteiger partial charge in [0.1, 0.15) is 0 Å². The van der Waals surface area contributed by atoms with Crippen molar-refractivity contribution in [3.05, 3.63) is 28.8 Å². The summed E-state index contributed by atoms with van der Waals surface area (Å²) in [6, 6.07) is 6.13. The zero-order valence-corrected chi connectivity index (χ0v) is 12.4. The Kier molecular flexibility index (Phi) is 6.66. The Bertz CT molecular complexity index is 569. The number of rotatable bonds is 7. The van der Waals surface area contributed by atoms with Gasteiger partial charge in [-0.1, -0.05) is 18.5 Å². The third-order valence-electron chi connectivity index (χ3n) is 2.84. The Morgan fingerprint density at radius 2 is 2.19 bits per heavy atom. The van der Waals surface area contributed by atoms with E-state index in [1.54, 1.807) is 0 Å². The number of hydrogen-bond donors (Lipinski definition) is 2. The molecule has 0 aliphatic heterocycles. The van der Waals surface area contributed by atoms with Gasteiger partial charge >= 0.3 is 5.97 Å². The number of nitriles is 1. The van der Waals surface area contributed by atoms with Crippen LogP contribution < -0.4 is 5.32 Å². The van der Waals surface area contributed by atoms with Crippen molar-refractivity contribution in [2.45, 2.75) is 13.3 Å². The molecule has 1 aromatic carbocycles. The Morgan fingerprint density at radius 1 is 1.48 bits per heavy atom. The highest BCUT2D eigenvalue weighted by atomic mass is 35.5. The first-order chi connectivity index (χ1) is 9.97. The smallest absolute Gasteiger partial charge is 0.335 e. The van der Waals surface area contributed by atoms with Crippen molar-refractivity contribution < 1.29 is 14.7 Å². The maximum Gasteiger partial charge on any atom is 0.335 e. The van der Waals surface area contributed by atoms with Crippen LogP contribution in [0.2, 0.25) is 5.02 Å². The predicted molar refractivity (Wildman–Crippen MR) is 79.4 cm³/mol. The topological polar surface area (TPSA) is 93.4 Å². The van der Waals surface area contributed by atoms with Gasteiger partial charge < -0.3 is 10.4 Å². The van der Waals surface area contributed by atoms with Crippen LogP contribution in [0.5, 0.6) is 0 Å². The lowest BCUT2D eigenvalue weighted by Gasteiger charge is -2.18. The van der Waals surface area contributed by atoms with Gasteiger partial charge in [-0.05, 0) is 24.7 Å². The van der Waals surface area contributed by atoms with Crippen molar-refractivity contribution in [2.75, 3.05) is 25.0 Å². The average Bonchev–Trinajstić information content (AvgIpc) is 2.45. The number of hydrogen-bond acceptors (Lipinski definition) is 4. The number of benzene rings is 1. The number of carbonyl (C=O) groups is 2. The number of halogens is 1. The number of carboxylic acids is 1. The number of likely N-dealkylation sites (N-methyl/N-ethyl adjacent to an activating group) is 1. The first-order valence-corrected chi connectivity index (χ1v) is 6.77. The molecule has 0 radical (unpaired) electrons. The number of nitrogens with zero attached hydrogens (tertiary/aromatic N) is 2. The molecule has 112 valence electrons. The summed E-state index contributed by atoms with van der Waals surface area (Å²) in [6.45, 7) is 3.15. The number of carbonyl (C=O) groups excluding carboxylic acids is 1. The van der Waals surface area contributed by atoms with E-state index in [1.807, 2.05) is 17.9 Å². The van der Waals surface area contributed by atoms with Gasteiger partial charge in [0.05, 0.1) is 28.9 Å². The van der Waals surface area contributed by atoms with Gasteiger partial charge in [-0.15, -0.1) is 0 Å². The molecule has 0 aromatic heterocycles. The van der Waals surface area contributed by atoms with E-state index in [4.69, 9.17) is 22.0 Å². The summed E-state index contributed by atoms with van der Waals surface area (Å²) >= 11 is 5.93. The van der Waals surface area contributed by atoms with Crippen LogP contribution in [0.4, 0.5) is 5.69 Å². The molecule has 1 rings (SSSR count). The van der Waals surface area contributed by atoms with E-state index in [0.717, 1.165) is 0 Å². The molecule has 0 bridgehead atoms. The second kappa shape index (κ2) is 8.25. The molecular formula is C14H16ClN3O3. The van der Waals surface area contributed by atoms with Crippen LogP contribution in [0.1, 0.15) is 23.7 Å². The van der Waals surface area contributed by atoms with Crippen LogP contribution in [-0.4, -0.2) is 41.5 Å². The maximum atomic E-state index is 11.9. The van der Waals surface area contributed by atoms with E-state index >= 15 is 0 Å². The highest BCUT2D eigenvalue weighted by molar-refractivity contribution is 6.33. The van der Waals surface area contributed by atoms with E-state index in [1.165, 1.54) is 18.2 Å². The number of nitrogens with one attached hydrogen (secondary N) is 1. The number of carboxylic acid groups (broad SMARTS) is 1. The summed E-state index contributed by atoms with van der Waals surface area (Å²) in [5.74, 6) is -1.40. The fourth-order valence-electron chi connectivity index (χ4n) is 1.70. The second-order valence-electron chi connectivity index (χ2n) is 4.32. The minimum atomic E-state index is -1.09. The molecule has 2 N–H and O–H groups in total. The molecule has 0 aliphatic carbocycles. The van der Waals surface area contributed by atoms with Crippen molar-refractivity contribution in [2.24, 2.45) is 0 Å².